The molecule has 0 unspecified atom stereocenters. The van der Waals surface area contributed by atoms with E-state index in [1.807, 2.05) is 18.2 Å². The fourth-order valence-electron chi connectivity index (χ4n) is 2.92. The molecule has 1 aromatic carbocycles. The molecule has 3 N–H and O–H groups in total. The Morgan fingerprint density at radius 2 is 1.96 bits per heavy atom. The van der Waals surface area contributed by atoms with Gasteiger partial charge in [0.2, 0.25) is 0 Å². The van der Waals surface area contributed by atoms with Crippen LogP contribution in [0.3, 0.4) is 0 Å². The van der Waals surface area contributed by atoms with Crippen LogP contribution < -0.4 is 10.6 Å². The summed E-state index contributed by atoms with van der Waals surface area (Å²) in [6.45, 7) is 3.92. The predicted molar refractivity (Wildman–Crippen MR) is 103 cm³/mol. The zero-order valence-corrected chi connectivity index (χ0v) is 15.5. The highest BCUT2D eigenvalue weighted by atomic mass is 35.5. The average Bonchev–Trinajstić information content (AvgIpc) is 3.05. The summed E-state index contributed by atoms with van der Waals surface area (Å²) in [6, 6.07) is 10.6. The van der Waals surface area contributed by atoms with Crippen LogP contribution >= 0.6 is 24.8 Å². The Labute approximate surface area is 160 Å². The molecule has 0 spiro atoms. The second kappa shape index (κ2) is 10.5. The van der Waals surface area contributed by atoms with Gasteiger partial charge in [-0.15, -0.1) is 24.8 Å². The number of aromatic carboxylic acids is 1. The van der Waals surface area contributed by atoms with Crippen LogP contribution in [0.5, 0.6) is 0 Å². The number of rotatable bonds is 6. The molecular weight excluding hydrogens is 363 g/mol. The van der Waals surface area contributed by atoms with Gasteiger partial charge in [0.1, 0.15) is 11.5 Å². The number of benzene rings is 1. The summed E-state index contributed by atoms with van der Waals surface area (Å²) >= 11 is 0. The summed E-state index contributed by atoms with van der Waals surface area (Å²) in [6.07, 6.45) is 2.44. The number of nitrogens with one attached hydrogen (secondary N) is 2. The Morgan fingerprint density at radius 1 is 1.20 bits per heavy atom. The number of carboxylic acid groups (broad SMARTS) is 1. The van der Waals surface area contributed by atoms with Crippen molar-refractivity contribution < 1.29 is 14.3 Å². The van der Waals surface area contributed by atoms with Crippen molar-refractivity contribution in [1.82, 2.24) is 10.6 Å². The molecule has 0 aliphatic carbocycles. The molecule has 1 aliphatic rings. The molecule has 0 saturated carbocycles. The molecule has 2 aromatic rings. The first kappa shape index (κ1) is 21.5. The summed E-state index contributed by atoms with van der Waals surface area (Å²) in [5, 5.41) is 15.9. The minimum absolute atomic E-state index is 0. The van der Waals surface area contributed by atoms with E-state index in [4.69, 9.17) is 9.52 Å². The fourth-order valence-corrected chi connectivity index (χ4v) is 2.92. The van der Waals surface area contributed by atoms with Crippen LogP contribution in [0, 0.1) is 5.92 Å². The summed E-state index contributed by atoms with van der Waals surface area (Å²) in [5.41, 5.74) is 1.05. The predicted octanol–water partition coefficient (Wildman–Crippen LogP) is 3.58. The molecule has 1 aromatic heterocycles. The van der Waals surface area contributed by atoms with E-state index < -0.39 is 5.97 Å². The Bertz CT molecular complexity index is 670. The Kier molecular flexibility index (Phi) is 9.00. The highest BCUT2D eigenvalue weighted by Crippen LogP contribution is 2.23. The highest BCUT2D eigenvalue weighted by molar-refractivity contribution is 5.89. The lowest BCUT2D eigenvalue weighted by molar-refractivity contribution is 0.0697. The van der Waals surface area contributed by atoms with Crippen LogP contribution in [0.25, 0.3) is 11.3 Å². The van der Waals surface area contributed by atoms with E-state index in [9.17, 15) is 4.79 Å². The van der Waals surface area contributed by atoms with Gasteiger partial charge >= 0.3 is 5.97 Å². The number of carboxylic acids is 1. The van der Waals surface area contributed by atoms with Gasteiger partial charge < -0.3 is 20.2 Å². The molecule has 138 valence electrons. The summed E-state index contributed by atoms with van der Waals surface area (Å²) in [7, 11) is 0. The van der Waals surface area contributed by atoms with E-state index in [2.05, 4.69) is 10.6 Å². The van der Waals surface area contributed by atoms with Gasteiger partial charge in [-0.05, 0) is 62.7 Å². The standard InChI is InChI=1S/C18H22N2O3.2ClH/c21-18(22)15-3-1-2-14(10-15)17-5-4-16(23-17)12-20-11-13-6-8-19-9-7-13;;/h1-5,10,13,19-20H,6-9,11-12H2,(H,21,22);2*1H. The summed E-state index contributed by atoms with van der Waals surface area (Å²) in [5.74, 6) is 1.38. The number of halogens is 2. The lowest BCUT2D eigenvalue weighted by Gasteiger charge is -2.22. The van der Waals surface area contributed by atoms with Gasteiger partial charge in [-0.3, -0.25) is 0 Å². The van der Waals surface area contributed by atoms with Crippen molar-refractivity contribution in [3.8, 4) is 11.3 Å². The molecule has 7 heteroatoms. The minimum Gasteiger partial charge on any atom is -0.478 e. The molecule has 25 heavy (non-hydrogen) atoms. The molecule has 1 saturated heterocycles. The topological polar surface area (TPSA) is 74.5 Å². The number of carbonyl (C=O) groups is 1. The maximum absolute atomic E-state index is 11.0. The van der Waals surface area contributed by atoms with E-state index >= 15 is 0 Å². The van der Waals surface area contributed by atoms with Gasteiger partial charge in [0.15, 0.2) is 0 Å². The van der Waals surface area contributed by atoms with E-state index in [1.54, 1.807) is 18.2 Å². The lowest BCUT2D eigenvalue weighted by Crippen LogP contribution is -2.33. The third kappa shape index (κ3) is 6.04. The number of furan rings is 1. The van der Waals surface area contributed by atoms with Crippen LogP contribution in [0.15, 0.2) is 40.8 Å². The molecular formula is C18H24Cl2N2O3. The Hall–Kier alpha value is -1.53. The second-order valence-corrected chi connectivity index (χ2v) is 5.98. The molecule has 3 rings (SSSR count). The van der Waals surface area contributed by atoms with E-state index in [-0.39, 0.29) is 30.4 Å². The van der Waals surface area contributed by atoms with Crippen molar-refractivity contribution in [2.45, 2.75) is 19.4 Å². The van der Waals surface area contributed by atoms with Crippen molar-refractivity contribution in [3.05, 3.63) is 47.7 Å². The summed E-state index contributed by atoms with van der Waals surface area (Å²) < 4.78 is 5.83. The normalized spacial score (nSPS) is 14.4. The largest absolute Gasteiger partial charge is 0.478 e. The lowest BCUT2D eigenvalue weighted by atomic mass is 9.98. The molecule has 2 heterocycles. The number of piperidine rings is 1. The Balaban J connectivity index is 0.00000156. The molecule has 0 bridgehead atoms. The highest BCUT2D eigenvalue weighted by Gasteiger charge is 2.13. The third-order valence-electron chi connectivity index (χ3n) is 4.25. The van der Waals surface area contributed by atoms with Crippen molar-refractivity contribution in [2.24, 2.45) is 5.92 Å². The molecule has 1 fully saturated rings. The van der Waals surface area contributed by atoms with Gasteiger partial charge in [0, 0.05) is 5.56 Å². The van der Waals surface area contributed by atoms with Crippen molar-refractivity contribution in [3.63, 3.8) is 0 Å². The van der Waals surface area contributed by atoms with Crippen LogP contribution in [0.4, 0.5) is 0 Å². The van der Waals surface area contributed by atoms with Gasteiger partial charge in [-0.2, -0.15) is 0 Å². The molecule has 5 nitrogen and oxygen atoms in total. The van der Waals surface area contributed by atoms with Crippen LogP contribution in [-0.2, 0) is 6.54 Å². The minimum atomic E-state index is -0.928. The van der Waals surface area contributed by atoms with Crippen LogP contribution in [-0.4, -0.2) is 30.7 Å². The van der Waals surface area contributed by atoms with Gasteiger partial charge in [-0.1, -0.05) is 12.1 Å². The molecule has 0 radical (unpaired) electrons. The van der Waals surface area contributed by atoms with Crippen molar-refractivity contribution in [1.29, 1.82) is 0 Å². The SMILES string of the molecule is Cl.Cl.O=C(O)c1cccc(-c2ccc(CNCC3CCNCC3)o2)c1. The molecule has 0 amide bonds. The zero-order chi connectivity index (χ0) is 16.1. The first-order valence-corrected chi connectivity index (χ1v) is 8.06. The second-order valence-electron chi connectivity index (χ2n) is 5.98. The first-order valence-electron chi connectivity index (χ1n) is 8.06. The first-order chi connectivity index (χ1) is 11.2. The monoisotopic (exact) mass is 386 g/mol. The fraction of sp³-hybridized carbons (Fsp3) is 0.389. The molecule has 1 aliphatic heterocycles. The quantitative estimate of drug-likeness (QED) is 0.707. The smallest absolute Gasteiger partial charge is 0.335 e. The maximum atomic E-state index is 11.0. The van der Waals surface area contributed by atoms with E-state index in [0.29, 0.717) is 12.3 Å². The molecule has 0 atom stereocenters. The van der Waals surface area contributed by atoms with Gasteiger partial charge in [0.25, 0.3) is 0 Å². The number of hydrogen-bond donors (Lipinski definition) is 3. The van der Waals surface area contributed by atoms with Crippen molar-refractivity contribution in [2.75, 3.05) is 19.6 Å². The van der Waals surface area contributed by atoms with Crippen LogP contribution in [0.2, 0.25) is 0 Å². The Morgan fingerprint density at radius 3 is 2.68 bits per heavy atom. The summed E-state index contributed by atoms with van der Waals surface area (Å²) in [4.78, 5) is 11.0. The van der Waals surface area contributed by atoms with Gasteiger partial charge in [0.05, 0.1) is 12.1 Å². The van der Waals surface area contributed by atoms with Crippen molar-refractivity contribution >= 4 is 30.8 Å². The maximum Gasteiger partial charge on any atom is 0.335 e. The van der Waals surface area contributed by atoms with Gasteiger partial charge in [-0.25, -0.2) is 4.79 Å². The van der Waals surface area contributed by atoms with E-state index in [1.165, 1.54) is 12.8 Å². The van der Waals surface area contributed by atoms with Crippen LogP contribution in [0.1, 0.15) is 29.0 Å². The average molecular weight is 387 g/mol. The third-order valence-corrected chi connectivity index (χ3v) is 4.25. The van der Waals surface area contributed by atoms with E-state index in [0.717, 1.165) is 36.9 Å². The zero-order valence-electron chi connectivity index (χ0n) is 13.9. The number of hydrogen-bond acceptors (Lipinski definition) is 4.